The molecule has 120 valence electrons. The predicted octanol–water partition coefficient (Wildman–Crippen LogP) is 3.06. The van der Waals surface area contributed by atoms with Crippen molar-refractivity contribution in [3.63, 3.8) is 0 Å². The van der Waals surface area contributed by atoms with E-state index in [1.54, 1.807) is 10.9 Å². The standard InChI is InChI=1S/C17H19ClN4O/c1-11-3-5-13(6-4-11)10-22-16(18)15(12(2)21-22)9-19-20-17(23)14-7-8-14/h3-6,9,14H,7-8,10H2,1-2H3,(H,20,23)/b19-9-. The van der Waals surface area contributed by atoms with Crippen LogP contribution in [0.5, 0.6) is 0 Å². The lowest BCUT2D eigenvalue weighted by Crippen LogP contribution is -2.19. The van der Waals surface area contributed by atoms with Crippen LogP contribution in [0, 0.1) is 19.8 Å². The van der Waals surface area contributed by atoms with Gasteiger partial charge in [0.05, 0.1) is 24.0 Å². The van der Waals surface area contributed by atoms with Gasteiger partial charge in [-0.3, -0.25) is 4.79 Å². The Kier molecular flexibility index (Phi) is 4.48. The Hall–Kier alpha value is -2.14. The highest BCUT2D eigenvalue weighted by Gasteiger charge is 2.29. The van der Waals surface area contributed by atoms with E-state index in [1.165, 1.54) is 5.56 Å². The molecule has 23 heavy (non-hydrogen) atoms. The minimum atomic E-state index is -0.0259. The number of carbonyl (C=O) groups excluding carboxylic acids is 1. The van der Waals surface area contributed by atoms with Gasteiger partial charge in [-0.15, -0.1) is 0 Å². The summed E-state index contributed by atoms with van der Waals surface area (Å²) < 4.78 is 1.74. The molecule has 1 aliphatic rings. The summed E-state index contributed by atoms with van der Waals surface area (Å²) >= 11 is 6.40. The molecule has 1 saturated carbocycles. The Labute approximate surface area is 140 Å². The zero-order valence-electron chi connectivity index (χ0n) is 13.2. The lowest BCUT2D eigenvalue weighted by Gasteiger charge is -2.04. The van der Waals surface area contributed by atoms with Gasteiger partial charge in [0, 0.05) is 5.92 Å². The minimum Gasteiger partial charge on any atom is -0.273 e. The Balaban J connectivity index is 1.71. The fourth-order valence-electron chi connectivity index (χ4n) is 2.28. The molecule has 1 heterocycles. The normalized spacial score (nSPS) is 14.4. The molecular formula is C17H19ClN4O. The zero-order valence-corrected chi connectivity index (χ0v) is 14.0. The number of amides is 1. The van der Waals surface area contributed by atoms with Gasteiger partial charge in [0.25, 0.3) is 0 Å². The number of halogens is 1. The van der Waals surface area contributed by atoms with Crippen molar-refractivity contribution >= 4 is 23.7 Å². The maximum atomic E-state index is 11.6. The van der Waals surface area contributed by atoms with Crippen LogP contribution >= 0.6 is 11.6 Å². The maximum Gasteiger partial charge on any atom is 0.243 e. The monoisotopic (exact) mass is 330 g/mol. The van der Waals surface area contributed by atoms with Crippen molar-refractivity contribution in [3.05, 3.63) is 51.8 Å². The SMILES string of the molecule is Cc1ccc(Cn2nc(C)c(/C=N\NC(=O)C3CC3)c2Cl)cc1. The van der Waals surface area contributed by atoms with Crippen molar-refractivity contribution in [3.8, 4) is 0 Å². The van der Waals surface area contributed by atoms with Gasteiger partial charge in [0.1, 0.15) is 5.15 Å². The third kappa shape index (κ3) is 3.79. The molecular weight excluding hydrogens is 312 g/mol. The number of hydrogen-bond acceptors (Lipinski definition) is 3. The van der Waals surface area contributed by atoms with Crippen LogP contribution in [0.25, 0.3) is 0 Å². The highest BCUT2D eigenvalue weighted by atomic mass is 35.5. The average Bonchev–Trinajstić information content (AvgIpc) is 3.33. The Morgan fingerprint density at radius 3 is 2.74 bits per heavy atom. The molecule has 1 aromatic carbocycles. The molecule has 0 aliphatic heterocycles. The van der Waals surface area contributed by atoms with Gasteiger partial charge in [-0.1, -0.05) is 41.4 Å². The molecule has 0 unspecified atom stereocenters. The molecule has 0 atom stereocenters. The van der Waals surface area contributed by atoms with Crippen LogP contribution in [0.3, 0.4) is 0 Å². The highest BCUT2D eigenvalue weighted by molar-refractivity contribution is 6.32. The van der Waals surface area contributed by atoms with Gasteiger partial charge in [0.2, 0.25) is 5.91 Å². The van der Waals surface area contributed by atoms with Gasteiger partial charge in [-0.25, -0.2) is 10.1 Å². The van der Waals surface area contributed by atoms with E-state index in [9.17, 15) is 4.79 Å². The van der Waals surface area contributed by atoms with E-state index in [4.69, 9.17) is 11.6 Å². The predicted molar refractivity (Wildman–Crippen MR) is 90.7 cm³/mol. The minimum absolute atomic E-state index is 0.0259. The highest BCUT2D eigenvalue weighted by Crippen LogP contribution is 2.28. The first-order chi connectivity index (χ1) is 11.0. The summed E-state index contributed by atoms with van der Waals surface area (Å²) in [5, 5.41) is 8.97. The number of nitrogens with one attached hydrogen (secondary N) is 1. The number of rotatable bonds is 5. The summed E-state index contributed by atoms with van der Waals surface area (Å²) in [4.78, 5) is 11.6. The van der Waals surface area contributed by atoms with Crippen LogP contribution in [0.2, 0.25) is 5.15 Å². The number of aromatic nitrogens is 2. The molecule has 1 amide bonds. The molecule has 1 fully saturated rings. The van der Waals surface area contributed by atoms with E-state index in [2.05, 4.69) is 46.8 Å². The second-order valence-corrected chi connectivity index (χ2v) is 6.30. The molecule has 6 heteroatoms. The zero-order chi connectivity index (χ0) is 16.4. The largest absolute Gasteiger partial charge is 0.273 e. The molecule has 5 nitrogen and oxygen atoms in total. The number of hydrazone groups is 1. The van der Waals surface area contributed by atoms with Crippen molar-refractivity contribution in [2.24, 2.45) is 11.0 Å². The topological polar surface area (TPSA) is 59.3 Å². The summed E-state index contributed by atoms with van der Waals surface area (Å²) in [6, 6.07) is 8.25. The quantitative estimate of drug-likeness (QED) is 0.676. The van der Waals surface area contributed by atoms with Crippen LogP contribution in [-0.4, -0.2) is 21.9 Å². The molecule has 0 saturated heterocycles. The molecule has 2 aromatic rings. The Morgan fingerprint density at radius 1 is 1.39 bits per heavy atom. The number of hydrogen-bond donors (Lipinski definition) is 1. The van der Waals surface area contributed by atoms with Crippen LogP contribution in [0.1, 0.15) is 35.2 Å². The van der Waals surface area contributed by atoms with Gasteiger partial charge in [-0.05, 0) is 32.3 Å². The van der Waals surface area contributed by atoms with Gasteiger partial charge in [0.15, 0.2) is 0 Å². The second-order valence-electron chi connectivity index (χ2n) is 5.94. The van der Waals surface area contributed by atoms with E-state index >= 15 is 0 Å². The van der Waals surface area contributed by atoms with Gasteiger partial charge in [-0.2, -0.15) is 10.2 Å². The van der Waals surface area contributed by atoms with Crippen molar-refractivity contribution in [2.75, 3.05) is 0 Å². The Morgan fingerprint density at radius 2 is 2.09 bits per heavy atom. The second kappa shape index (κ2) is 6.54. The van der Waals surface area contributed by atoms with Crippen LogP contribution in [-0.2, 0) is 11.3 Å². The summed E-state index contributed by atoms with van der Waals surface area (Å²) in [5.74, 6) is 0.107. The molecule has 3 rings (SSSR count). The summed E-state index contributed by atoms with van der Waals surface area (Å²) in [5.41, 5.74) is 6.41. The number of carbonyl (C=O) groups is 1. The van der Waals surface area contributed by atoms with E-state index in [-0.39, 0.29) is 11.8 Å². The first-order valence-electron chi connectivity index (χ1n) is 7.66. The lowest BCUT2D eigenvalue weighted by atomic mass is 10.1. The summed E-state index contributed by atoms with van der Waals surface area (Å²) in [6.45, 7) is 4.53. The first-order valence-corrected chi connectivity index (χ1v) is 8.04. The first kappa shape index (κ1) is 15.7. The van der Waals surface area contributed by atoms with Crippen LogP contribution < -0.4 is 5.43 Å². The molecule has 0 spiro atoms. The maximum absolute atomic E-state index is 11.6. The molecule has 1 aliphatic carbocycles. The summed E-state index contributed by atoms with van der Waals surface area (Å²) in [7, 11) is 0. The van der Waals surface area contributed by atoms with Crippen LogP contribution in [0.15, 0.2) is 29.4 Å². The fraction of sp³-hybridized carbons (Fsp3) is 0.353. The average molecular weight is 331 g/mol. The summed E-state index contributed by atoms with van der Waals surface area (Å²) in [6.07, 6.45) is 3.47. The van der Waals surface area contributed by atoms with E-state index in [1.807, 2.05) is 6.92 Å². The van der Waals surface area contributed by atoms with E-state index in [0.29, 0.717) is 11.7 Å². The van der Waals surface area contributed by atoms with Gasteiger partial charge < -0.3 is 0 Å². The van der Waals surface area contributed by atoms with E-state index in [0.717, 1.165) is 29.7 Å². The Bertz CT molecular complexity index is 745. The fourth-order valence-corrected chi connectivity index (χ4v) is 2.57. The van der Waals surface area contributed by atoms with E-state index < -0.39 is 0 Å². The number of aryl methyl sites for hydroxylation is 2. The van der Waals surface area contributed by atoms with Crippen LogP contribution in [0.4, 0.5) is 0 Å². The number of benzene rings is 1. The van der Waals surface area contributed by atoms with Crippen molar-refractivity contribution in [1.29, 1.82) is 0 Å². The van der Waals surface area contributed by atoms with Crippen molar-refractivity contribution < 1.29 is 4.79 Å². The molecule has 1 aromatic heterocycles. The smallest absolute Gasteiger partial charge is 0.243 e. The molecule has 0 bridgehead atoms. The van der Waals surface area contributed by atoms with Gasteiger partial charge >= 0.3 is 0 Å². The number of nitrogens with zero attached hydrogens (tertiary/aromatic N) is 3. The lowest BCUT2D eigenvalue weighted by molar-refractivity contribution is -0.122. The van der Waals surface area contributed by atoms with Crippen molar-refractivity contribution in [2.45, 2.75) is 33.2 Å². The molecule has 0 radical (unpaired) electrons. The third-order valence-corrected chi connectivity index (χ3v) is 4.28. The molecule has 1 N–H and O–H groups in total. The third-order valence-electron chi connectivity index (χ3n) is 3.88. The van der Waals surface area contributed by atoms with Crippen molar-refractivity contribution in [1.82, 2.24) is 15.2 Å².